The molecule has 1 N–H and O–H groups in total. The van der Waals surface area contributed by atoms with E-state index >= 15 is 0 Å². The molecule has 1 nitrogen and oxygen atoms in total. The van der Waals surface area contributed by atoms with Gasteiger partial charge in [0.25, 0.3) is 0 Å². The van der Waals surface area contributed by atoms with Crippen molar-refractivity contribution in [1.82, 2.24) is 5.32 Å². The lowest BCUT2D eigenvalue weighted by atomic mass is 10.0. The van der Waals surface area contributed by atoms with Gasteiger partial charge in [-0.3, -0.25) is 0 Å². The topological polar surface area (TPSA) is 12.0 Å². The van der Waals surface area contributed by atoms with Gasteiger partial charge in [0.1, 0.15) is 5.82 Å². The maximum absolute atomic E-state index is 13.0. The number of rotatable bonds is 4. The first-order chi connectivity index (χ1) is 8.58. The predicted octanol–water partition coefficient (Wildman–Crippen LogP) is 4.36. The molecule has 0 unspecified atom stereocenters. The highest BCUT2D eigenvalue weighted by atomic mass is 32.1. The van der Waals surface area contributed by atoms with Gasteiger partial charge in [0, 0.05) is 17.5 Å². The van der Waals surface area contributed by atoms with Crippen LogP contribution in [0.15, 0.2) is 29.6 Å². The summed E-state index contributed by atoms with van der Waals surface area (Å²) in [4.78, 5) is 1.28. The van der Waals surface area contributed by atoms with Crippen molar-refractivity contribution in [1.29, 1.82) is 0 Å². The van der Waals surface area contributed by atoms with Crippen LogP contribution < -0.4 is 5.32 Å². The minimum atomic E-state index is -0.187. The van der Waals surface area contributed by atoms with E-state index in [1.54, 1.807) is 11.3 Å². The number of aryl methyl sites for hydroxylation is 1. The molecule has 2 rings (SSSR count). The molecule has 0 fully saturated rings. The molecule has 0 radical (unpaired) electrons. The van der Waals surface area contributed by atoms with Crippen LogP contribution in [0.2, 0.25) is 0 Å². The first-order valence-electron chi connectivity index (χ1n) is 6.14. The third kappa shape index (κ3) is 2.98. The van der Waals surface area contributed by atoms with Crippen molar-refractivity contribution in [3.05, 3.63) is 45.9 Å². The number of halogens is 1. The molecule has 3 heteroatoms. The Morgan fingerprint density at radius 1 is 1.22 bits per heavy atom. The summed E-state index contributed by atoms with van der Waals surface area (Å²) < 4.78 is 13.0. The molecule has 96 valence electrons. The molecule has 1 aromatic heterocycles. The van der Waals surface area contributed by atoms with Crippen LogP contribution in [-0.4, -0.2) is 6.04 Å². The smallest absolute Gasteiger partial charge is 0.123 e. The van der Waals surface area contributed by atoms with Crippen LogP contribution in [0.1, 0.15) is 24.3 Å². The molecule has 1 heterocycles. The summed E-state index contributed by atoms with van der Waals surface area (Å²) >= 11 is 1.75. The van der Waals surface area contributed by atoms with Crippen LogP contribution in [0, 0.1) is 12.7 Å². The molecule has 0 aliphatic rings. The van der Waals surface area contributed by atoms with Crippen molar-refractivity contribution in [3.8, 4) is 11.1 Å². The lowest BCUT2D eigenvalue weighted by Crippen LogP contribution is -2.21. The van der Waals surface area contributed by atoms with E-state index in [4.69, 9.17) is 0 Å². The largest absolute Gasteiger partial charge is 0.310 e. The van der Waals surface area contributed by atoms with E-state index in [0.717, 1.165) is 12.1 Å². The molecule has 0 saturated carbocycles. The summed E-state index contributed by atoms with van der Waals surface area (Å²) in [6, 6.07) is 7.20. The van der Waals surface area contributed by atoms with Crippen molar-refractivity contribution in [3.63, 3.8) is 0 Å². The van der Waals surface area contributed by atoms with Gasteiger partial charge in [-0.05, 0) is 41.1 Å². The van der Waals surface area contributed by atoms with Gasteiger partial charge in [0.05, 0.1) is 0 Å². The van der Waals surface area contributed by atoms with Crippen LogP contribution in [0.5, 0.6) is 0 Å². The first-order valence-corrected chi connectivity index (χ1v) is 7.02. The number of benzene rings is 1. The minimum Gasteiger partial charge on any atom is -0.310 e. The number of hydrogen-bond acceptors (Lipinski definition) is 2. The van der Waals surface area contributed by atoms with Crippen molar-refractivity contribution >= 4 is 11.3 Å². The standard InChI is InChI=1S/C15H18FNS/c1-10(2)17-8-13-9-18-11(3)15(13)12-4-6-14(16)7-5-12/h4-7,9-10,17H,8H2,1-3H3. The lowest BCUT2D eigenvalue weighted by Gasteiger charge is -2.10. The Hall–Kier alpha value is -1.19. The van der Waals surface area contributed by atoms with Crippen molar-refractivity contribution in [2.24, 2.45) is 0 Å². The van der Waals surface area contributed by atoms with Crippen LogP contribution in [0.25, 0.3) is 11.1 Å². The van der Waals surface area contributed by atoms with Crippen molar-refractivity contribution < 1.29 is 4.39 Å². The second kappa shape index (κ2) is 5.63. The average molecular weight is 263 g/mol. The SMILES string of the molecule is Cc1scc(CNC(C)C)c1-c1ccc(F)cc1. The number of thiophene rings is 1. The minimum absolute atomic E-state index is 0.187. The molecule has 0 aliphatic carbocycles. The van der Waals surface area contributed by atoms with Crippen LogP contribution in [0.3, 0.4) is 0 Å². The molecule has 0 spiro atoms. The summed E-state index contributed by atoms with van der Waals surface area (Å²) in [6.45, 7) is 7.24. The van der Waals surface area contributed by atoms with E-state index in [1.807, 2.05) is 12.1 Å². The van der Waals surface area contributed by atoms with Gasteiger partial charge in [0.2, 0.25) is 0 Å². The van der Waals surface area contributed by atoms with Gasteiger partial charge >= 0.3 is 0 Å². The normalized spacial score (nSPS) is 11.2. The second-order valence-corrected chi connectivity index (χ2v) is 5.82. The van der Waals surface area contributed by atoms with Gasteiger partial charge in [-0.15, -0.1) is 11.3 Å². The molecule has 18 heavy (non-hydrogen) atoms. The molecule has 0 saturated heterocycles. The summed E-state index contributed by atoms with van der Waals surface area (Å²) in [6.07, 6.45) is 0. The average Bonchev–Trinajstić information content (AvgIpc) is 2.69. The highest BCUT2D eigenvalue weighted by Gasteiger charge is 2.11. The lowest BCUT2D eigenvalue weighted by molar-refractivity contribution is 0.590. The molecule has 2 aromatic rings. The number of hydrogen-bond donors (Lipinski definition) is 1. The second-order valence-electron chi connectivity index (χ2n) is 4.73. The van der Waals surface area contributed by atoms with Crippen LogP contribution in [0.4, 0.5) is 4.39 Å². The van der Waals surface area contributed by atoms with Crippen LogP contribution in [-0.2, 0) is 6.54 Å². The van der Waals surface area contributed by atoms with E-state index in [-0.39, 0.29) is 5.82 Å². The zero-order chi connectivity index (χ0) is 13.1. The van der Waals surface area contributed by atoms with Gasteiger partial charge in [0.15, 0.2) is 0 Å². The Labute approximate surface area is 112 Å². The molecule has 0 amide bonds. The monoisotopic (exact) mass is 263 g/mol. The Balaban J connectivity index is 2.31. The van der Waals surface area contributed by atoms with Crippen molar-refractivity contribution in [2.45, 2.75) is 33.4 Å². The fourth-order valence-electron chi connectivity index (χ4n) is 1.95. The van der Waals surface area contributed by atoms with E-state index in [2.05, 4.69) is 31.5 Å². The summed E-state index contributed by atoms with van der Waals surface area (Å²) in [5.41, 5.74) is 3.63. The first kappa shape index (κ1) is 13.2. The van der Waals surface area contributed by atoms with E-state index in [1.165, 1.54) is 28.1 Å². The van der Waals surface area contributed by atoms with Gasteiger partial charge < -0.3 is 5.32 Å². The maximum atomic E-state index is 13.0. The molecular formula is C15H18FNS. The summed E-state index contributed by atoms with van der Waals surface area (Å²) in [7, 11) is 0. The van der Waals surface area contributed by atoms with E-state index < -0.39 is 0 Å². The Morgan fingerprint density at radius 3 is 2.50 bits per heavy atom. The Morgan fingerprint density at radius 2 is 1.89 bits per heavy atom. The predicted molar refractivity (Wildman–Crippen MR) is 76.4 cm³/mol. The molecular weight excluding hydrogens is 245 g/mol. The third-order valence-electron chi connectivity index (χ3n) is 2.88. The van der Waals surface area contributed by atoms with Gasteiger partial charge in [-0.1, -0.05) is 26.0 Å². The fraction of sp³-hybridized carbons (Fsp3) is 0.333. The van der Waals surface area contributed by atoms with E-state index in [0.29, 0.717) is 6.04 Å². The molecule has 0 atom stereocenters. The molecule has 1 aromatic carbocycles. The Kier molecular flexibility index (Phi) is 4.15. The zero-order valence-electron chi connectivity index (χ0n) is 11.0. The summed E-state index contributed by atoms with van der Waals surface area (Å²) in [5, 5.41) is 5.61. The van der Waals surface area contributed by atoms with Crippen molar-refractivity contribution in [2.75, 3.05) is 0 Å². The highest BCUT2D eigenvalue weighted by molar-refractivity contribution is 7.10. The van der Waals surface area contributed by atoms with E-state index in [9.17, 15) is 4.39 Å². The van der Waals surface area contributed by atoms with Crippen LogP contribution >= 0.6 is 11.3 Å². The third-order valence-corrected chi connectivity index (χ3v) is 3.84. The molecule has 0 bridgehead atoms. The maximum Gasteiger partial charge on any atom is 0.123 e. The van der Waals surface area contributed by atoms with Gasteiger partial charge in [-0.2, -0.15) is 0 Å². The summed E-state index contributed by atoms with van der Waals surface area (Å²) in [5.74, 6) is -0.187. The molecule has 0 aliphatic heterocycles. The zero-order valence-corrected chi connectivity index (χ0v) is 11.8. The Bertz CT molecular complexity index is 514. The highest BCUT2D eigenvalue weighted by Crippen LogP contribution is 2.32. The van der Waals surface area contributed by atoms with Gasteiger partial charge in [-0.25, -0.2) is 4.39 Å². The fourth-order valence-corrected chi connectivity index (χ4v) is 2.84. The quantitative estimate of drug-likeness (QED) is 0.864. The number of nitrogens with one attached hydrogen (secondary N) is 1.